The van der Waals surface area contributed by atoms with Crippen LogP contribution in [0.25, 0.3) is 10.9 Å². The van der Waals surface area contributed by atoms with Crippen molar-refractivity contribution in [3.63, 3.8) is 0 Å². The van der Waals surface area contributed by atoms with E-state index in [9.17, 15) is 4.39 Å². The zero-order chi connectivity index (χ0) is 11.4. The highest BCUT2D eigenvalue weighted by Gasteiger charge is 2.04. The minimum absolute atomic E-state index is 0.176. The zero-order valence-corrected chi connectivity index (χ0v) is 9.42. The van der Waals surface area contributed by atoms with Crippen LogP contribution in [0.4, 0.5) is 4.39 Å². The van der Waals surface area contributed by atoms with Gasteiger partial charge in [-0.15, -0.1) is 0 Å². The zero-order valence-electron chi connectivity index (χ0n) is 9.42. The van der Waals surface area contributed by atoms with Gasteiger partial charge in [0.1, 0.15) is 5.82 Å². The summed E-state index contributed by atoms with van der Waals surface area (Å²) in [4.78, 5) is 3.16. The average Bonchev–Trinajstić information content (AvgIpc) is 2.67. The van der Waals surface area contributed by atoms with E-state index in [-0.39, 0.29) is 5.82 Å². The number of benzene rings is 1. The van der Waals surface area contributed by atoms with Crippen LogP contribution in [0.3, 0.4) is 0 Å². The van der Waals surface area contributed by atoms with Gasteiger partial charge >= 0.3 is 0 Å². The van der Waals surface area contributed by atoms with Gasteiger partial charge in [-0.3, -0.25) is 0 Å². The molecule has 1 aromatic carbocycles. The summed E-state index contributed by atoms with van der Waals surface area (Å²) >= 11 is 0. The lowest BCUT2D eigenvalue weighted by Gasteiger charge is -1.99. The maximum Gasteiger partial charge on any atom is 0.123 e. The van der Waals surface area contributed by atoms with Gasteiger partial charge in [0.25, 0.3) is 0 Å². The van der Waals surface area contributed by atoms with Crippen molar-refractivity contribution in [1.29, 1.82) is 0 Å². The van der Waals surface area contributed by atoms with E-state index in [4.69, 9.17) is 4.74 Å². The number of methoxy groups -OCH3 is 1. The first-order chi connectivity index (χ1) is 7.81. The van der Waals surface area contributed by atoms with Crippen LogP contribution in [0.1, 0.15) is 18.4 Å². The van der Waals surface area contributed by atoms with E-state index in [0.717, 1.165) is 36.8 Å². The number of rotatable bonds is 5. The van der Waals surface area contributed by atoms with Gasteiger partial charge in [-0.2, -0.15) is 0 Å². The Morgan fingerprint density at radius 3 is 3.00 bits per heavy atom. The summed E-state index contributed by atoms with van der Waals surface area (Å²) in [5, 5.41) is 0.998. The molecule has 0 saturated heterocycles. The number of hydrogen-bond acceptors (Lipinski definition) is 1. The monoisotopic (exact) mass is 221 g/mol. The molecule has 0 fully saturated rings. The summed E-state index contributed by atoms with van der Waals surface area (Å²) in [6.07, 6.45) is 5.04. The number of halogens is 1. The fraction of sp³-hybridized carbons (Fsp3) is 0.385. The molecule has 0 atom stereocenters. The third-order valence-corrected chi connectivity index (χ3v) is 2.77. The van der Waals surface area contributed by atoms with Crippen LogP contribution in [0.5, 0.6) is 0 Å². The maximum atomic E-state index is 13.1. The number of nitrogens with one attached hydrogen (secondary N) is 1. The quantitative estimate of drug-likeness (QED) is 0.770. The van der Waals surface area contributed by atoms with Gasteiger partial charge in [-0.1, -0.05) is 0 Å². The normalized spacial score (nSPS) is 11.1. The first-order valence-electron chi connectivity index (χ1n) is 5.55. The molecule has 2 rings (SSSR count). The molecule has 2 aromatic rings. The van der Waals surface area contributed by atoms with Crippen molar-refractivity contribution in [1.82, 2.24) is 4.98 Å². The molecule has 0 unspecified atom stereocenters. The standard InChI is InChI=1S/C13H16FNO/c1-16-7-3-2-4-10-9-15-13-6-5-11(14)8-12(10)13/h5-6,8-9,15H,2-4,7H2,1H3. The number of H-pyrrole nitrogens is 1. The molecule has 0 amide bonds. The van der Waals surface area contributed by atoms with Gasteiger partial charge in [-0.25, -0.2) is 4.39 Å². The largest absolute Gasteiger partial charge is 0.385 e. The molecule has 2 nitrogen and oxygen atoms in total. The SMILES string of the molecule is COCCCCc1c[nH]c2ccc(F)cc12. The van der Waals surface area contributed by atoms with Crippen molar-refractivity contribution in [2.24, 2.45) is 0 Å². The summed E-state index contributed by atoms with van der Waals surface area (Å²) in [5.74, 6) is -0.176. The predicted octanol–water partition coefficient (Wildman–Crippen LogP) is 3.28. The predicted molar refractivity (Wildman–Crippen MR) is 63.1 cm³/mol. The van der Waals surface area contributed by atoms with E-state index in [1.54, 1.807) is 19.2 Å². The van der Waals surface area contributed by atoms with Crippen LogP contribution in [0, 0.1) is 5.82 Å². The Morgan fingerprint density at radius 1 is 1.31 bits per heavy atom. The topological polar surface area (TPSA) is 25.0 Å². The molecule has 3 heteroatoms. The molecule has 1 aromatic heterocycles. The minimum Gasteiger partial charge on any atom is -0.385 e. The summed E-state index contributed by atoms with van der Waals surface area (Å²) in [6, 6.07) is 4.86. The van der Waals surface area contributed by atoms with Gasteiger partial charge in [0.15, 0.2) is 0 Å². The summed E-state index contributed by atoms with van der Waals surface area (Å²) in [5.41, 5.74) is 2.19. The number of hydrogen-bond donors (Lipinski definition) is 1. The van der Waals surface area contributed by atoms with E-state index < -0.39 is 0 Å². The van der Waals surface area contributed by atoms with Crippen LogP contribution in [-0.4, -0.2) is 18.7 Å². The molecule has 0 saturated carbocycles. The van der Waals surface area contributed by atoms with Crippen LogP contribution < -0.4 is 0 Å². The molecular weight excluding hydrogens is 205 g/mol. The number of aromatic nitrogens is 1. The molecule has 16 heavy (non-hydrogen) atoms. The smallest absolute Gasteiger partial charge is 0.123 e. The number of aryl methyl sites for hydroxylation is 1. The van der Waals surface area contributed by atoms with Crippen molar-refractivity contribution in [3.8, 4) is 0 Å². The summed E-state index contributed by atoms with van der Waals surface area (Å²) in [6.45, 7) is 0.788. The highest BCUT2D eigenvalue weighted by molar-refractivity contribution is 5.83. The second-order valence-electron chi connectivity index (χ2n) is 3.95. The van der Waals surface area contributed by atoms with E-state index >= 15 is 0 Å². The van der Waals surface area contributed by atoms with E-state index in [0.29, 0.717) is 0 Å². The Kier molecular flexibility index (Phi) is 3.57. The molecule has 86 valence electrons. The van der Waals surface area contributed by atoms with Crippen molar-refractivity contribution >= 4 is 10.9 Å². The van der Waals surface area contributed by atoms with Crippen molar-refractivity contribution in [3.05, 3.63) is 35.8 Å². The Balaban J connectivity index is 2.09. The van der Waals surface area contributed by atoms with Crippen LogP contribution in [0.2, 0.25) is 0 Å². The van der Waals surface area contributed by atoms with Gasteiger partial charge in [0.05, 0.1) is 0 Å². The molecule has 0 aliphatic rings. The third kappa shape index (κ3) is 2.42. The molecule has 0 bridgehead atoms. The molecule has 1 N–H and O–H groups in total. The molecular formula is C13H16FNO. The summed E-state index contributed by atoms with van der Waals surface area (Å²) < 4.78 is 18.1. The second-order valence-corrected chi connectivity index (χ2v) is 3.95. The number of fused-ring (bicyclic) bond motifs is 1. The van der Waals surface area contributed by atoms with Gasteiger partial charge < -0.3 is 9.72 Å². The van der Waals surface area contributed by atoms with E-state index in [1.165, 1.54) is 11.6 Å². The number of ether oxygens (including phenoxy) is 1. The molecule has 0 radical (unpaired) electrons. The fourth-order valence-electron chi connectivity index (χ4n) is 1.92. The molecule has 0 aliphatic carbocycles. The van der Waals surface area contributed by atoms with Gasteiger partial charge in [-0.05, 0) is 43.0 Å². The van der Waals surface area contributed by atoms with Crippen LogP contribution in [-0.2, 0) is 11.2 Å². The highest BCUT2D eigenvalue weighted by Crippen LogP contribution is 2.20. The molecule has 0 spiro atoms. The second kappa shape index (κ2) is 5.12. The minimum atomic E-state index is -0.176. The summed E-state index contributed by atoms with van der Waals surface area (Å²) in [7, 11) is 1.71. The van der Waals surface area contributed by atoms with Crippen molar-refractivity contribution in [2.45, 2.75) is 19.3 Å². The third-order valence-electron chi connectivity index (χ3n) is 2.77. The Morgan fingerprint density at radius 2 is 2.19 bits per heavy atom. The van der Waals surface area contributed by atoms with Crippen LogP contribution in [0.15, 0.2) is 24.4 Å². The Bertz CT molecular complexity index is 464. The Labute approximate surface area is 94.4 Å². The first kappa shape index (κ1) is 11.1. The van der Waals surface area contributed by atoms with E-state index in [1.807, 2.05) is 6.20 Å². The lowest BCUT2D eigenvalue weighted by Crippen LogP contribution is -1.90. The number of aromatic amines is 1. The maximum absolute atomic E-state index is 13.1. The van der Waals surface area contributed by atoms with Crippen LogP contribution >= 0.6 is 0 Å². The number of unbranched alkanes of at least 4 members (excludes halogenated alkanes) is 1. The Hall–Kier alpha value is -1.35. The average molecular weight is 221 g/mol. The molecule has 1 heterocycles. The van der Waals surface area contributed by atoms with Crippen molar-refractivity contribution in [2.75, 3.05) is 13.7 Å². The van der Waals surface area contributed by atoms with Gasteiger partial charge in [0, 0.05) is 30.8 Å². The fourth-order valence-corrected chi connectivity index (χ4v) is 1.92. The lowest BCUT2D eigenvalue weighted by molar-refractivity contribution is 0.193. The highest BCUT2D eigenvalue weighted by atomic mass is 19.1. The van der Waals surface area contributed by atoms with Crippen molar-refractivity contribution < 1.29 is 9.13 Å². The first-order valence-corrected chi connectivity index (χ1v) is 5.55. The van der Waals surface area contributed by atoms with E-state index in [2.05, 4.69) is 4.98 Å². The lowest BCUT2D eigenvalue weighted by atomic mass is 10.1. The molecule has 0 aliphatic heterocycles. The van der Waals surface area contributed by atoms with Gasteiger partial charge in [0.2, 0.25) is 0 Å².